The molecule has 4 nitrogen and oxygen atoms in total. The van der Waals surface area contributed by atoms with E-state index in [1.165, 1.54) is 0 Å². The molecule has 0 spiro atoms. The minimum atomic E-state index is -2.81. The molecule has 0 aromatic carbocycles. The molecule has 1 aromatic rings. The van der Waals surface area contributed by atoms with Crippen molar-refractivity contribution in [3.8, 4) is 0 Å². The summed E-state index contributed by atoms with van der Waals surface area (Å²) in [4.78, 5) is 0. The van der Waals surface area contributed by atoms with Crippen LogP contribution < -0.4 is 5.32 Å². The highest BCUT2D eigenvalue weighted by molar-refractivity contribution is 7.91. The second-order valence-electron chi connectivity index (χ2n) is 3.40. The van der Waals surface area contributed by atoms with E-state index in [-0.39, 0.29) is 11.5 Å². The smallest absolute Gasteiger partial charge is 0.150 e. The largest absolute Gasteiger partial charge is 0.472 e. The standard InChI is InChI=1S/C10H17NO3S/c1-2-15(12,13)7-3-5-11-8-10-4-6-14-9-10/h4,6,9,11H,2-3,5,7-8H2,1H3. The molecule has 0 aliphatic heterocycles. The van der Waals surface area contributed by atoms with E-state index in [4.69, 9.17) is 4.42 Å². The number of hydrogen-bond donors (Lipinski definition) is 1. The maximum Gasteiger partial charge on any atom is 0.150 e. The third-order valence-corrected chi connectivity index (χ3v) is 3.95. The fraction of sp³-hybridized carbons (Fsp3) is 0.600. The lowest BCUT2D eigenvalue weighted by molar-refractivity contribution is 0.559. The molecule has 0 atom stereocenters. The van der Waals surface area contributed by atoms with Gasteiger partial charge in [-0.1, -0.05) is 6.92 Å². The highest BCUT2D eigenvalue weighted by atomic mass is 32.2. The molecule has 0 radical (unpaired) electrons. The van der Waals surface area contributed by atoms with Crippen molar-refractivity contribution in [3.63, 3.8) is 0 Å². The first-order chi connectivity index (χ1) is 7.14. The van der Waals surface area contributed by atoms with Crippen LogP contribution >= 0.6 is 0 Å². The first kappa shape index (κ1) is 12.3. The SMILES string of the molecule is CCS(=O)(=O)CCCNCc1ccoc1. The van der Waals surface area contributed by atoms with Crippen molar-refractivity contribution in [2.75, 3.05) is 18.1 Å². The van der Waals surface area contributed by atoms with Crippen molar-refractivity contribution in [2.45, 2.75) is 19.9 Å². The molecule has 15 heavy (non-hydrogen) atoms. The van der Waals surface area contributed by atoms with Crippen LogP contribution in [-0.2, 0) is 16.4 Å². The summed E-state index contributed by atoms with van der Waals surface area (Å²) in [5, 5.41) is 3.16. The van der Waals surface area contributed by atoms with Crippen molar-refractivity contribution >= 4 is 9.84 Å². The van der Waals surface area contributed by atoms with Gasteiger partial charge >= 0.3 is 0 Å². The third-order valence-electron chi connectivity index (χ3n) is 2.16. The second-order valence-corrected chi connectivity index (χ2v) is 5.87. The van der Waals surface area contributed by atoms with Gasteiger partial charge < -0.3 is 9.73 Å². The van der Waals surface area contributed by atoms with Gasteiger partial charge in [0.25, 0.3) is 0 Å². The van der Waals surface area contributed by atoms with Crippen LogP contribution in [0.5, 0.6) is 0 Å². The molecule has 0 amide bonds. The van der Waals surface area contributed by atoms with E-state index < -0.39 is 9.84 Å². The van der Waals surface area contributed by atoms with Crippen molar-refractivity contribution in [3.05, 3.63) is 24.2 Å². The van der Waals surface area contributed by atoms with Crippen LogP contribution in [0.4, 0.5) is 0 Å². The maximum atomic E-state index is 11.1. The normalized spacial score (nSPS) is 11.8. The monoisotopic (exact) mass is 231 g/mol. The van der Waals surface area contributed by atoms with Crippen molar-refractivity contribution in [1.82, 2.24) is 5.32 Å². The Hall–Kier alpha value is -0.810. The molecular formula is C10H17NO3S. The first-order valence-corrected chi connectivity index (χ1v) is 6.88. The molecule has 0 aliphatic carbocycles. The van der Waals surface area contributed by atoms with Gasteiger partial charge in [0.2, 0.25) is 0 Å². The van der Waals surface area contributed by atoms with E-state index >= 15 is 0 Å². The average molecular weight is 231 g/mol. The summed E-state index contributed by atoms with van der Waals surface area (Å²) in [6.45, 7) is 3.11. The molecule has 0 unspecified atom stereocenters. The predicted molar refractivity (Wildman–Crippen MR) is 59.4 cm³/mol. The molecule has 1 heterocycles. The summed E-state index contributed by atoms with van der Waals surface area (Å²) in [5.41, 5.74) is 1.08. The Labute approximate surface area is 90.6 Å². The molecule has 0 fully saturated rings. The fourth-order valence-corrected chi connectivity index (χ4v) is 2.06. The molecule has 0 saturated carbocycles. The van der Waals surface area contributed by atoms with Gasteiger partial charge in [-0.25, -0.2) is 8.42 Å². The zero-order valence-corrected chi connectivity index (χ0v) is 9.72. The topological polar surface area (TPSA) is 59.3 Å². The number of nitrogens with one attached hydrogen (secondary N) is 1. The summed E-state index contributed by atoms with van der Waals surface area (Å²) in [6.07, 6.45) is 3.96. The van der Waals surface area contributed by atoms with Gasteiger partial charge in [-0.3, -0.25) is 0 Å². The quantitative estimate of drug-likeness (QED) is 0.716. The molecule has 1 rings (SSSR count). The van der Waals surface area contributed by atoms with Gasteiger partial charge in [0.1, 0.15) is 9.84 Å². The lowest BCUT2D eigenvalue weighted by atomic mass is 10.3. The van der Waals surface area contributed by atoms with Gasteiger partial charge in [0, 0.05) is 17.9 Å². The molecule has 0 aliphatic rings. The van der Waals surface area contributed by atoms with Crippen LogP contribution in [0.1, 0.15) is 18.9 Å². The number of hydrogen-bond acceptors (Lipinski definition) is 4. The summed E-state index contributed by atoms with van der Waals surface area (Å²) in [5.74, 6) is 0.497. The van der Waals surface area contributed by atoms with Crippen LogP contribution in [0, 0.1) is 0 Å². The molecule has 0 saturated heterocycles. The van der Waals surface area contributed by atoms with E-state index in [9.17, 15) is 8.42 Å². The van der Waals surface area contributed by atoms with Crippen LogP contribution in [-0.4, -0.2) is 26.5 Å². The Morgan fingerprint density at radius 2 is 2.27 bits per heavy atom. The van der Waals surface area contributed by atoms with Gasteiger partial charge in [0.15, 0.2) is 0 Å². The van der Waals surface area contributed by atoms with Gasteiger partial charge in [-0.2, -0.15) is 0 Å². The van der Waals surface area contributed by atoms with Crippen molar-refractivity contribution in [1.29, 1.82) is 0 Å². The Balaban J connectivity index is 2.08. The van der Waals surface area contributed by atoms with Gasteiger partial charge in [-0.15, -0.1) is 0 Å². The lowest BCUT2D eigenvalue weighted by Gasteiger charge is -2.03. The third kappa shape index (κ3) is 4.99. The summed E-state index contributed by atoms with van der Waals surface area (Å²) < 4.78 is 27.2. The van der Waals surface area contributed by atoms with E-state index in [2.05, 4.69) is 5.32 Å². The van der Waals surface area contributed by atoms with E-state index in [0.717, 1.165) is 12.1 Å². The summed E-state index contributed by atoms with van der Waals surface area (Å²) in [7, 11) is -2.81. The highest BCUT2D eigenvalue weighted by Gasteiger charge is 2.05. The Bertz CT molecular complexity index is 356. The Morgan fingerprint density at radius 1 is 1.47 bits per heavy atom. The fourth-order valence-electron chi connectivity index (χ4n) is 1.19. The number of furan rings is 1. The minimum Gasteiger partial charge on any atom is -0.472 e. The average Bonchev–Trinajstić information content (AvgIpc) is 2.70. The second kappa shape index (κ2) is 5.92. The van der Waals surface area contributed by atoms with Crippen molar-refractivity contribution < 1.29 is 12.8 Å². The van der Waals surface area contributed by atoms with Crippen LogP contribution in [0.25, 0.3) is 0 Å². The molecule has 5 heteroatoms. The van der Waals surface area contributed by atoms with Gasteiger partial charge in [0.05, 0.1) is 18.3 Å². The van der Waals surface area contributed by atoms with Gasteiger partial charge in [-0.05, 0) is 19.0 Å². The highest BCUT2D eigenvalue weighted by Crippen LogP contribution is 1.98. The van der Waals surface area contributed by atoms with E-state index in [1.807, 2.05) is 6.07 Å². The maximum absolute atomic E-state index is 11.1. The molecule has 1 N–H and O–H groups in total. The zero-order valence-electron chi connectivity index (χ0n) is 8.90. The lowest BCUT2D eigenvalue weighted by Crippen LogP contribution is -2.18. The zero-order chi connectivity index (χ0) is 11.1. The first-order valence-electron chi connectivity index (χ1n) is 5.06. The minimum absolute atomic E-state index is 0.231. The van der Waals surface area contributed by atoms with Crippen LogP contribution in [0.3, 0.4) is 0 Å². The van der Waals surface area contributed by atoms with E-state index in [0.29, 0.717) is 13.0 Å². The van der Waals surface area contributed by atoms with Crippen LogP contribution in [0.15, 0.2) is 23.0 Å². The summed E-state index contributed by atoms with van der Waals surface area (Å²) >= 11 is 0. The Kier molecular flexibility index (Phi) is 4.84. The molecule has 0 bridgehead atoms. The molecular weight excluding hydrogens is 214 g/mol. The van der Waals surface area contributed by atoms with E-state index in [1.54, 1.807) is 19.5 Å². The molecule has 1 aromatic heterocycles. The Morgan fingerprint density at radius 3 is 2.87 bits per heavy atom. The van der Waals surface area contributed by atoms with Crippen molar-refractivity contribution in [2.24, 2.45) is 0 Å². The summed E-state index contributed by atoms with van der Waals surface area (Å²) in [6, 6.07) is 1.88. The molecule has 86 valence electrons. The van der Waals surface area contributed by atoms with Crippen LogP contribution in [0.2, 0.25) is 0 Å². The number of sulfone groups is 1. The predicted octanol–water partition coefficient (Wildman–Crippen LogP) is 1.19. The number of rotatable bonds is 7.